The van der Waals surface area contributed by atoms with E-state index >= 15 is 0 Å². The summed E-state index contributed by atoms with van der Waals surface area (Å²) in [5.74, 6) is 0.982. The highest BCUT2D eigenvalue weighted by Crippen LogP contribution is 2.28. The lowest BCUT2D eigenvalue weighted by Crippen LogP contribution is -2.35. The number of hydrogen-bond donors (Lipinski definition) is 1. The van der Waals surface area contributed by atoms with Gasteiger partial charge in [0.25, 0.3) is 0 Å². The summed E-state index contributed by atoms with van der Waals surface area (Å²) >= 11 is 0. The van der Waals surface area contributed by atoms with E-state index in [9.17, 15) is 9.59 Å². The standard InChI is InChI=1S/C26H31N3O4/c1-32-22-12-6-18(7-13-22)4-2-15-28-25(31)23-17-33-26(29-23)20-10-8-19(9-11-20)24(30)21-5-3-14-27-16-21/h3,5,8-11,14,16,18,22-23H,2,4,6-7,12-13,15,17H2,1H3,(H,28,31)/t18?,22?,23-/m0/s1. The Labute approximate surface area is 194 Å². The molecule has 33 heavy (non-hydrogen) atoms. The molecule has 0 radical (unpaired) electrons. The molecule has 2 aromatic rings. The monoisotopic (exact) mass is 449 g/mol. The zero-order valence-electron chi connectivity index (χ0n) is 19.0. The Balaban J connectivity index is 1.23. The maximum absolute atomic E-state index is 12.5. The first-order valence-corrected chi connectivity index (χ1v) is 11.7. The van der Waals surface area contributed by atoms with Crippen molar-refractivity contribution in [3.8, 4) is 0 Å². The topological polar surface area (TPSA) is 89.9 Å². The van der Waals surface area contributed by atoms with E-state index in [0.29, 0.717) is 29.7 Å². The molecule has 7 heteroatoms. The molecule has 4 rings (SSSR count). The molecule has 1 atom stereocenters. The molecule has 2 heterocycles. The van der Waals surface area contributed by atoms with E-state index in [2.05, 4.69) is 15.3 Å². The first-order valence-electron chi connectivity index (χ1n) is 11.7. The number of pyridine rings is 1. The van der Waals surface area contributed by atoms with E-state index in [1.165, 1.54) is 12.8 Å². The second-order valence-corrected chi connectivity index (χ2v) is 8.72. The van der Waals surface area contributed by atoms with E-state index in [4.69, 9.17) is 9.47 Å². The average molecular weight is 450 g/mol. The van der Waals surface area contributed by atoms with Gasteiger partial charge in [-0.2, -0.15) is 0 Å². The summed E-state index contributed by atoms with van der Waals surface area (Å²) in [5.41, 5.74) is 1.86. The number of nitrogens with zero attached hydrogens (tertiary/aromatic N) is 2. The normalized spacial score (nSPS) is 22.3. The number of ether oxygens (including phenoxy) is 2. The summed E-state index contributed by atoms with van der Waals surface area (Å²) in [6.45, 7) is 0.897. The van der Waals surface area contributed by atoms with Crippen LogP contribution in [0, 0.1) is 5.92 Å². The van der Waals surface area contributed by atoms with Crippen molar-refractivity contribution in [3.63, 3.8) is 0 Å². The molecule has 1 saturated carbocycles. The average Bonchev–Trinajstić information content (AvgIpc) is 3.38. The van der Waals surface area contributed by atoms with Crippen LogP contribution in [0.1, 0.15) is 60.0 Å². The first kappa shape index (κ1) is 23.1. The van der Waals surface area contributed by atoms with E-state index in [-0.39, 0.29) is 18.3 Å². The van der Waals surface area contributed by atoms with Crippen LogP contribution in [0.5, 0.6) is 0 Å². The number of amides is 1. The van der Waals surface area contributed by atoms with Crippen molar-refractivity contribution >= 4 is 17.6 Å². The van der Waals surface area contributed by atoms with Gasteiger partial charge in [-0.25, -0.2) is 4.99 Å². The van der Waals surface area contributed by atoms with Crippen molar-refractivity contribution < 1.29 is 19.1 Å². The molecule has 174 valence electrons. The van der Waals surface area contributed by atoms with Crippen LogP contribution in [-0.4, -0.2) is 55.0 Å². The number of aliphatic imine (C=N–C) groups is 1. The molecule has 0 unspecified atom stereocenters. The van der Waals surface area contributed by atoms with Crippen molar-refractivity contribution in [2.24, 2.45) is 10.9 Å². The minimum atomic E-state index is -0.533. The maximum atomic E-state index is 12.5. The van der Waals surface area contributed by atoms with Gasteiger partial charge in [0.15, 0.2) is 11.8 Å². The van der Waals surface area contributed by atoms with Crippen molar-refractivity contribution in [3.05, 3.63) is 65.5 Å². The Hall–Kier alpha value is -3.06. The Bertz CT molecular complexity index is 967. The molecule has 1 amide bonds. The molecule has 1 N–H and O–H groups in total. The minimum Gasteiger partial charge on any atom is -0.475 e. The highest BCUT2D eigenvalue weighted by Gasteiger charge is 2.27. The van der Waals surface area contributed by atoms with E-state index in [0.717, 1.165) is 37.2 Å². The summed E-state index contributed by atoms with van der Waals surface area (Å²) in [5, 5.41) is 3.00. The molecular formula is C26H31N3O4. The van der Waals surface area contributed by atoms with Crippen molar-refractivity contribution in [2.45, 2.75) is 50.7 Å². The lowest BCUT2D eigenvalue weighted by molar-refractivity contribution is -0.122. The van der Waals surface area contributed by atoms with Gasteiger partial charge in [-0.15, -0.1) is 0 Å². The second kappa shape index (κ2) is 11.2. The Morgan fingerprint density at radius 1 is 1.09 bits per heavy atom. The quantitative estimate of drug-likeness (QED) is 0.467. The molecule has 1 aromatic carbocycles. The zero-order valence-corrected chi connectivity index (χ0v) is 19.0. The van der Waals surface area contributed by atoms with Gasteiger partial charge in [0.1, 0.15) is 6.61 Å². The molecule has 0 saturated heterocycles. The smallest absolute Gasteiger partial charge is 0.248 e. The van der Waals surface area contributed by atoms with Crippen LogP contribution >= 0.6 is 0 Å². The Morgan fingerprint density at radius 3 is 2.58 bits per heavy atom. The summed E-state index contributed by atoms with van der Waals surface area (Å²) in [7, 11) is 1.79. The maximum Gasteiger partial charge on any atom is 0.248 e. The van der Waals surface area contributed by atoms with E-state index in [1.807, 2.05) is 0 Å². The lowest BCUT2D eigenvalue weighted by Gasteiger charge is -2.27. The van der Waals surface area contributed by atoms with Gasteiger partial charge in [0.05, 0.1) is 6.10 Å². The number of nitrogens with one attached hydrogen (secondary N) is 1. The van der Waals surface area contributed by atoms with Gasteiger partial charge in [0.2, 0.25) is 11.8 Å². The predicted molar refractivity (Wildman–Crippen MR) is 125 cm³/mol. The van der Waals surface area contributed by atoms with Crippen LogP contribution < -0.4 is 5.32 Å². The number of carbonyl (C=O) groups is 2. The molecule has 7 nitrogen and oxygen atoms in total. The molecule has 1 aliphatic carbocycles. The Morgan fingerprint density at radius 2 is 1.88 bits per heavy atom. The number of methoxy groups -OCH3 is 1. The van der Waals surface area contributed by atoms with Gasteiger partial charge in [-0.05, 0) is 68.7 Å². The zero-order chi connectivity index (χ0) is 23.0. The predicted octanol–water partition coefficient (Wildman–Crippen LogP) is 3.56. The van der Waals surface area contributed by atoms with Crippen molar-refractivity contribution in [1.29, 1.82) is 0 Å². The summed E-state index contributed by atoms with van der Waals surface area (Å²) < 4.78 is 11.1. The van der Waals surface area contributed by atoms with Crippen LogP contribution in [0.25, 0.3) is 0 Å². The molecular weight excluding hydrogens is 418 g/mol. The highest BCUT2D eigenvalue weighted by molar-refractivity contribution is 6.09. The third kappa shape index (κ3) is 6.05. The van der Waals surface area contributed by atoms with Crippen molar-refractivity contribution in [2.75, 3.05) is 20.3 Å². The number of rotatable bonds is 9. The third-order valence-electron chi connectivity index (χ3n) is 6.49. The van der Waals surface area contributed by atoms with E-state index < -0.39 is 6.04 Å². The fraction of sp³-hybridized carbons (Fsp3) is 0.462. The van der Waals surface area contributed by atoms with Gasteiger partial charge >= 0.3 is 0 Å². The van der Waals surface area contributed by atoms with Crippen LogP contribution in [0.15, 0.2) is 53.8 Å². The third-order valence-corrected chi connectivity index (χ3v) is 6.49. The van der Waals surface area contributed by atoms with Gasteiger partial charge in [0, 0.05) is 42.7 Å². The van der Waals surface area contributed by atoms with Crippen LogP contribution in [0.3, 0.4) is 0 Å². The molecule has 1 aliphatic heterocycles. The van der Waals surface area contributed by atoms with Crippen LogP contribution in [0.4, 0.5) is 0 Å². The number of aromatic nitrogens is 1. The number of benzene rings is 1. The van der Waals surface area contributed by atoms with Crippen LogP contribution in [-0.2, 0) is 14.3 Å². The van der Waals surface area contributed by atoms with E-state index in [1.54, 1.807) is 55.9 Å². The van der Waals surface area contributed by atoms with Crippen LogP contribution in [0.2, 0.25) is 0 Å². The molecule has 1 aromatic heterocycles. The fourth-order valence-corrected chi connectivity index (χ4v) is 4.47. The largest absolute Gasteiger partial charge is 0.475 e. The number of hydrogen-bond acceptors (Lipinski definition) is 6. The second-order valence-electron chi connectivity index (χ2n) is 8.72. The van der Waals surface area contributed by atoms with Gasteiger partial charge < -0.3 is 14.8 Å². The summed E-state index contributed by atoms with van der Waals surface area (Å²) in [6, 6.07) is 10.0. The minimum absolute atomic E-state index is 0.0899. The first-order chi connectivity index (χ1) is 16.1. The summed E-state index contributed by atoms with van der Waals surface area (Å²) in [6.07, 6.45) is 10.4. The lowest BCUT2D eigenvalue weighted by atomic mass is 9.84. The fourth-order valence-electron chi connectivity index (χ4n) is 4.47. The van der Waals surface area contributed by atoms with Gasteiger partial charge in [-0.1, -0.05) is 12.1 Å². The number of ketones is 1. The summed E-state index contributed by atoms with van der Waals surface area (Å²) in [4.78, 5) is 33.4. The van der Waals surface area contributed by atoms with Crippen molar-refractivity contribution in [1.82, 2.24) is 10.3 Å². The highest BCUT2D eigenvalue weighted by atomic mass is 16.5. The SMILES string of the molecule is COC1CCC(CCCNC(=O)[C@@H]2COC(c3ccc(C(=O)c4cccnc4)cc3)=N2)CC1. The van der Waals surface area contributed by atoms with Gasteiger partial charge in [-0.3, -0.25) is 14.6 Å². The molecule has 2 aliphatic rings. The molecule has 0 bridgehead atoms. The Kier molecular flexibility index (Phi) is 7.83. The molecule has 0 spiro atoms. The number of carbonyl (C=O) groups excluding carboxylic acids is 2. The molecule has 1 fully saturated rings.